The van der Waals surface area contributed by atoms with Crippen molar-refractivity contribution in [2.75, 3.05) is 19.1 Å². The molecule has 0 radical (unpaired) electrons. The molecule has 0 aliphatic heterocycles. The van der Waals surface area contributed by atoms with Gasteiger partial charge in [0, 0.05) is 24.3 Å². The smallest absolute Gasteiger partial charge is 0.307 e. The first-order chi connectivity index (χ1) is 14.1. The Morgan fingerprint density at radius 1 is 0.862 bits per heavy atom. The van der Waals surface area contributed by atoms with Gasteiger partial charge in [-0.3, -0.25) is 4.79 Å². The lowest BCUT2D eigenvalue weighted by Gasteiger charge is -2.26. The number of hydrogen-bond donors (Lipinski definition) is 1. The molecule has 0 unspecified atom stereocenters. The summed E-state index contributed by atoms with van der Waals surface area (Å²) < 4.78 is 10.9. The second-order valence-electron chi connectivity index (χ2n) is 6.76. The van der Waals surface area contributed by atoms with Gasteiger partial charge in [0.15, 0.2) is 0 Å². The lowest BCUT2D eigenvalue weighted by atomic mass is 10.1. The van der Waals surface area contributed by atoms with Crippen molar-refractivity contribution < 1.29 is 19.4 Å². The number of aliphatic carboxylic acids is 1. The van der Waals surface area contributed by atoms with Crippen LogP contribution in [0.2, 0.25) is 0 Å². The van der Waals surface area contributed by atoms with Crippen LogP contribution in [0.4, 0.5) is 5.69 Å². The highest BCUT2D eigenvalue weighted by molar-refractivity contribution is 5.70. The van der Waals surface area contributed by atoms with E-state index in [4.69, 9.17) is 14.6 Å². The number of rotatable bonds is 9. The zero-order valence-electron chi connectivity index (χ0n) is 16.7. The third-order valence-corrected chi connectivity index (χ3v) is 4.72. The van der Waals surface area contributed by atoms with E-state index in [2.05, 4.69) is 17.0 Å². The Balaban J connectivity index is 1.90. The van der Waals surface area contributed by atoms with E-state index in [-0.39, 0.29) is 6.42 Å². The summed E-state index contributed by atoms with van der Waals surface area (Å²) in [7, 11) is 3.33. The molecule has 0 aliphatic rings. The van der Waals surface area contributed by atoms with Crippen LogP contribution < -0.4 is 14.4 Å². The number of anilines is 1. The van der Waals surface area contributed by atoms with Crippen LogP contribution in [0.15, 0.2) is 72.8 Å². The van der Waals surface area contributed by atoms with Crippen molar-refractivity contribution in [3.8, 4) is 11.5 Å². The van der Waals surface area contributed by atoms with Crippen LogP contribution in [0.25, 0.3) is 0 Å². The molecule has 3 aromatic rings. The molecule has 1 N–H and O–H groups in total. The number of carbonyl (C=O) groups is 1. The van der Waals surface area contributed by atoms with Crippen molar-refractivity contribution in [1.82, 2.24) is 0 Å². The molecule has 0 saturated heterocycles. The van der Waals surface area contributed by atoms with Gasteiger partial charge in [0.05, 0.1) is 20.6 Å². The maximum absolute atomic E-state index is 11.0. The molecule has 5 heteroatoms. The van der Waals surface area contributed by atoms with Crippen molar-refractivity contribution in [3.63, 3.8) is 0 Å². The number of benzene rings is 3. The molecular formula is C24H25NO4. The minimum Gasteiger partial charge on any atom is -0.497 e. The molecule has 0 saturated carbocycles. The van der Waals surface area contributed by atoms with E-state index in [1.165, 1.54) is 0 Å². The SMILES string of the molecule is COc1cccc(CN(Cc2ccccc2OC)c2ccc(CC(=O)O)cc2)c1. The van der Waals surface area contributed by atoms with E-state index in [0.29, 0.717) is 13.1 Å². The molecule has 0 atom stereocenters. The number of para-hydroxylation sites is 1. The van der Waals surface area contributed by atoms with Gasteiger partial charge in [-0.1, -0.05) is 42.5 Å². The second kappa shape index (κ2) is 9.64. The summed E-state index contributed by atoms with van der Waals surface area (Å²) in [5, 5.41) is 9.01. The van der Waals surface area contributed by atoms with E-state index >= 15 is 0 Å². The molecule has 0 aliphatic carbocycles. The van der Waals surface area contributed by atoms with Crippen LogP contribution in [0.3, 0.4) is 0 Å². The quantitative estimate of drug-likeness (QED) is 0.580. The predicted octanol–water partition coefficient (Wildman–Crippen LogP) is 4.54. The normalized spacial score (nSPS) is 10.4. The second-order valence-corrected chi connectivity index (χ2v) is 6.76. The van der Waals surface area contributed by atoms with Gasteiger partial charge in [-0.15, -0.1) is 0 Å². The fourth-order valence-corrected chi connectivity index (χ4v) is 3.27. The summed E-state index contributed by atoms with van der Waals surface area (Å²) in [5.41, 5.74) is 3.98. The van der Waals surface area contributed by atoms with Crippen LogP contribution in [0.5, 0.6) is 11.5 Å². The van der Waals surface area contributed by atoms with E-state index in [9.17, 15) is 4.79 Å². The average Bonchev–Trinajstić information content (AvgIpc) is 2.74. The fraction of sp³-hybridized carbons (Fsp3) is 0.208. The first kappa shape index (κ1) is 20.3. The molecule has 0 fully saturated rings. The average molecular weight is 391 g/mol. The number of ether oxygens (including phenoxy) is 2. The van der Waals surface area contributed by atoms with Gasteiger partial charge in [-0.05, 0) is 41.5 Å². The summed E-state index contributed by atoms with van der Waals surface area (Å²) in [6.07, 6.45) is 0.0165. The van der Waals surface area contributed by atoms with Gasteiger partial charge in [0.25, 0.3) is 0 Å². The Bertz CT molecular complexity index is 953. The van der Waals surface area contributed by atoms with Gasteiger partial charge in [0.2, 0.25) is 0 Å². The van der Waals surface area contributed by atoms with E-state index < -0.39 is 5.97 Å². The zero-order chi connectivity index (χ0) is 20.6. The van der Waals surface area contributed by atoms with Gasteiger partial charge >= 0.3 is 5.97 Å². The van der Waals surface area contributed by atoms with E-state index in [1.807, 2.05) is 60.7 Å². The molecule has 0 aromatic heterocycles. The highest BCUT2D eigenvalue weighted by Crippen LogP contribution is 2.26. The molecule has 0 spiro atoms. The molecule has 0 bridgehead atoms. The summed E-state index contributed by atoms with van der Waals surface area (Å²) in [6.45, 7) is 1.33. The fourth-order valence-electron chi connectivity index (χ4n) is 3.27. The van der Waals surface area contributed by atoms with Crippen molar-refractivity contribution in [2.24, 2.45) is 0 Å². The molecular weight excluding hydrogens is 366 g/mol. The Labute approximate surface area is 171 Å². The first-order valence-electron chi connectivity index (χ1n) is 9.39. The van der Waals surface area contributed by atoms with Crippen LogP contribution in [-0.4, -0.2) is 25.3 Å². The zero-order valence-corrected chi connectivity index (χ0v) is 16.7. The van der Waals surface area contributed by atoms with Crippen molar-refractivity contribution in [2.45, 2.75) is 19.5 Å². The molecule has 5 nitrogen and oxygen atoms in total. The third kappa shape index (κ3) is 5.51. The van der Waals surface area contributed by atoms with Gasteiger partial charge < -0.3 is 19.5 Å². The molecule has 3 aromatic carbocycles. The largest absolute Gasteiger partial charge is 0.497 e. The minimum atomic E-state index is -0.833. The highest BCUT2D eigenvalue weighted by Gasteiger charge is 2.13. The van der Waals surface area contributed by atoms with Crippen molar-refractivity contribution in [3.05, 3.63) is 89.5 Å². The predicted molar refractivity (Wildman–Crippen MR) is 114 cm³/mol. The lowest BCUT2D eigenvalue weighted by molar-refractivity contribution is -0.136. The third-order valence-electron chi connectivity index (χ3n) is 4.72. The summed E-state index contributed by atoms with van der Waals surface area (Å²) >= 11 is 0. The van der Waals surface area contributed by atoms with E-state index in [1.54, 1.807) is 14.2 Å². The Morgan fingerprint density at radius 3 is 2.31 bits per heavy atom. The molecule has 0 heterocycles. The number of hydrogen-bond acceptors (Lipinski definition) is 4. The monoisotopic (exact) mass is 391 g/mol. The first-order valence-corrected chi connectivity index (χ1v) is 9.39. The van der Waals surface area contributed by atoms with Crippen LogP contribution in [0.1, 0.15) is 16.7 Å². The maximum atomic E-state index is 11.0. The lowest BCUT2D eigenvalue weighted by Crippen LogP contribution is -2.22. The summed E-state index contributed by atoms with van der Waals surface area (Å²) in [5.74, 6) is 0.821. The van der Waals surface area contributed by atoms with Crippen LogP contribution in [-0.2, 0) is 24.3 Å². The molecule has 0 amide bonds. The highest BCUT2D eigenvalue weighted by atomic mass is 16.5. The Hall–Kier alpha value is -3.47. The molecule has 150 valence electrons. The number of carboxylic acids is 1. The van der Waals surface area contributed by atoms with Gasteiger partial charge in [0.1, 0.15) is 11.5 Å². The van der Waals surface area contributed by atoms with Gasteiger partial charge in [-0.2, -0.15) is 0 Å². The minimum absolute atomic E-state index is 0.0165. The van der Waals surface area contributed by atoms with Gasteiger partial charge in [-0.25, -0.2) is 0 Å². The topological polar surface area (TPSA) is 59.0 Å². The standard InChI is InChI=1S/C24H25NO4/c1-28-22-8-5-6-19(14-22)16-25(17-20-7-3-4-9-23(20)29-2)21-12-10-18(11-13-21)15-24(26)27/h3-14H,15-17H2,1-2H3,(H,26,27). The van der Waals surface area contributed by atoms with Crippen LogP contribution >= 0.6 is 0 Å². The number of carboxylic acid groups (broad SMARTS) is 1. The van der Waals surface area contributed by atoms with E-state index in [0.717, 1.165) is 33.9 Å². The van der Waals surface area contributed by atoms with Crippen molar-refractivity contribution >= 4 is 11.7 Å². The number of nitrogens with zero attached hydrogens (tertiary/aromatic N) is 1. The Morgan fingerprint density at radius 2 is 1.62 bits per heavy atom. The van der Waals surface area contributed by atoms with Crippen molar-refractivity contribution in [1.29, 1.82) is 0 Å². The number of methoxy groups -OCH3 is 2. The summed E-state index contributed by atoms with van der Waals surface area (Å²) in [6, 6.07) is 23.6. The Kier molecular flexibility index (Phi) is 6.74. The summed E-state index contributed by atoms with van der Waals surface area (Å²) in [4.78, 5) is 13.2. The maximum Gasteiger partial charge on any atom is 0.307 e. The van der Waals surface area contributed by atoms with Crippen LogP contribution in [0, 0.1) is 0 Å². The molecule has 3 rings (SSSR count). The molecule has 29 heavy (non-hydrogen) atoms.